The van der Waals surface area contributed by atoms with Gasteiger partial charge >= 0.3 is 0 Å². The van der Waals surface area contributed by atoms with E-state index < -0.39 is 0 Å². The van der Waals surface area contributed by atoms with E-state index in [-0.39, 0.29) is 12.4 Å². The molecule has 3 heteroatoms. The minimum atomic E-state index is 0. The molecule has 0 amide bonds. The summed E-state index contributed by atoms with van der Waals surface area (Å²) in [4.78, 5) is 1.39. The SMILES string of the molecule is Cc1ccccc1CNCc1cccs1.[Cl-]. The first-order valence-corrected chi connectivity index (χ1v) is 6.02. The lowest BCUT2D eigenvalue weighted by Gasteiger charge is -2.06. The molecule has 2 aromatic rings. The van der Waals surface area contributed by atoms with Gasteiger partial charge in [-0.1, -0.05) is 30.3 Å². The van der Waals surface area contributed by atoms with Gasteiger partial charge in [-0.15, -0.1) is 11.3 Å². The Morgan fingerprint density at radius 2 is 1.88 bits per heavy atom. The molecule has 0 fully saturated rings. The van der Waals surface area contributed by atoms with E-state index in [9.17, 15) is 0 Å². The number of thiophene rings is 1. The highest BCUT2D eigenvalue weighted by atomic mass is 35.5. The molecule has 1 aromatic carbocycles. The van der Waals surface area contributed by atoms with Crippen LogP contribution in [0, 0.1) is 6.92 Å². The van der Waals surface area contributed by atoms with Crippen molar-refractivity contribution in [1.29, 1.82) is 0 Å². The third kappa shape index (κ3) is 3.63. The van der Waals surface area contributed by atoms with Crippen LogP contribution < -0.4 is 17.7 Å². The molecule has 0 atom stereocenters. The van der Waals surface area contributed by atoms with Crippen molar-refractivity contribution in [1.82, 2.24) is 5.32 Å². The second-order valence-electron chi connectivity index (χ2n) is 3.61. The number of hydrogen-bond donors (Lipinski definition) is 1. The Kier molecular flexibility index (Phi) is 5.53. The summed E-state index contributed by atoms with van der Waals surface area (Å²) in [7, 11) is 0. The van der Waals surface area contributed by atoms with Crippen LogP contribution in [0.2, 0.25) is 0 Å². The van der Waals surface area contributed by atoms with Crippen molar-refractivity contribution in [3.63, 3.8) is 0 Å². The van der Waals surface area contributed by atoms with Crippen LogP contribution in [-0.4, -0.2) is 0 Å². The van der Waals surface area contributed by atoms with Gasteiger partial charge < -0.3 is 17.7 Å². The summed E-state index contributed by atoms with van der Waals surface area (Å²) < 4.78 is 0. The normalized spacial score (nSPS) is 9.81. The molecule has 0 unspecified atom stereocenters. The van der Waals surface area contributed by atoms with Gasteiger partial charge in [0.2, 0.25) is 0 Å². The zero-order valence-electron chi connectivity index (χ0n) is 9.24. The molecule has 0 aliphatic carbocycles. The summed E-state index contributed by atoms with van der Waals surface area (Å²) in [6.45, 7) is 4.07. The minimum absolute atomic E-state index is 0. The first-order chi connectivity index (χ1) is 7.36. The first kappa shape index (κ1) is 13.2. The highest BCUT2D eigenvalue weighted by Crippen LogP contribution is 2.09. The van der Waals surface area contributed by atoms with Crippen LogP contribution in [0.15, 0.2) is 41.8 Å². The van der Waals surface area contributed by atoms with Crippen LogP contribution in [0.1, 0.15) is 16.0 Å². The fourth-order valence-corrected chi connectivity index (χ4v) is 2.22. The van der Waals surface area contributed by atoms with Crippen molar-refractivity contribution < 1.29 is 12.4 Å². The Labute approximate surface area is 107 Å². The lowest BCUT2D eigenvalue weighted by molar-refractivity contribution is -0.00000305. The molecule has 1 aromatic heterocycles. The summed E-state index contributed by atoms with van der Waals surface area (Å²) >= 11 is 1.80. The zero-order valence-corrected chi connectivity index (χ0v) is 10.8. The fourth-order valence-electron chi connectivity index (χ4n) is 1.54. The van der Waals surface area contributed by atoms with E-state index in [0.717, 1.165) is 13.1 Å². The highest BCUT2D eigenvalue weighted by molar-refractivity contribution is 7.09. The standard InChI is InChI=1S/C13H15NS.ClH/c1-11-5-2-3-6-12(11)9-14-10-13-7-4-8-15-13;/h2-8,14H,9-10H2,1H3;1H/p-1. The van der Waals surface area contributed by atoms with Crippen LogP contribution in [0.4, 0.5) is 0 Å². The highest BCUT2D eigenvalue weighted by Gasteiger charge is 1.97. The predicted molar refractivity (Wildman–Crippen MR) is 66.0 cm³/mol. The molecule has 16 heavy (non-hydrogen) atoms. The average Bonchev–Trinajstić information content (AvgIpc) is 2.74. The van der Waals surface area contributed by atoms with Crippen LogP contribution in [-0.2, 0) is 13.1 Å². The molecule has 0 aliphatic rings. The molecule has 86 valence electrons. The van der Waals surface area contributed by atoms with Gasteiger partial charge in [-0.25, -0.2) is 0 Å². The topological polar surface area (TPSA) is 12.0 Å². The molecule has 1 N–H and O–H groups in total. The van der Waals surface area contributed by atoms with E-state index in [1.807, 2.05) is 0 Å². The fraction of sp³-hybridized carbons (Fsp3) is 0.231. The quantitative estimate of drug-likeness (QED) is 0.828. The van der Waals surface area contributed by atoms with Gasteiger partial charge in [-0.05, 0) is 29.5 Å². The Bertz CT molecular complexity index is 412. The molecule has 0 radical (unpaired) electrons. The van der Waals surface area contributed by atoms with E-state index >= 15 is 0 Å². The Morgan fingerprint density at radius 1 is 1.06 bits per heavy atom. The smallest absolute Gasteiger partial charge is 0.0302 e. The van der Waals surface area contributed by atoms with E-state index in [4.69, 9.17) is 0 Å². The van der Waals surface area contributed by atoms with Crippen molar-refractivity contribution in [3.05, 3.63) is 57.8 Å². The van der Waals surface area contributed by atoms with Crippen molar-refractivity contribution in [3.8, 4) is 0 Å². The second-order valence-corrected chi connectivity index (χ2v) is 4.64. The summed E-state index contributed by atoms with van der Waals surface area (Å²) in [6.07, 6.45) is 0. The molecule has 0 saturated heterocycles. The lowest BCUT2D eigenvalue weighted by atomic mass is 10.1. The second kappa shape index (κ2) is 6.69. The molecular formula is C13H15ClNS-. The van der Waals surface area contributed by atoms with Gasteiger partial charge in [0.05, 0.1) is 0 Å². The van der Waals surface area contributed by atoms with Crippen molar-refractivity contribution in [2.75, 3.05) is 0 Å². The minimum Gasteiger partial charge on any atom is -1.00 e. The van der Waals surface area contributed by atoms with E-state index in [0.29, 0.717) is 0 Å². The summed E-state index contributed by atoms with van der Waals surface area (Å²) in [6, 6.07) is 12.8. The summed E-state index contributed by atoms with van der Waals surface area (Å²) in [5, 5.41) is 5.57. The van der Waals surface area contributed by atoms with Crippen LogP contribution in [0.3, 0.4) is 0 Å². The van der Waals surface area contributed by atoms with E-state index in [1.165, 1.54) is 16.0 Å². The zero-order chi connectivity index (χ0) is 10.5. The monoisotopic (exact) mass is 252 g/mol. The van der Waals surface area contributed by atoms with Gasteiger partial charge in [0.1, 0.15) is 0 Å². The number of benzene rings is 1. The van der Waals surface area contributed by atoms with Crippen LogP contribution in [0.25, 0.3) is 0 Å². The van der Waals surface area contributed by atoms with Gasteiger partial charge in [0, 0.05) is 18.0 Å². The Hall–Kier alpha value is -0.830. The van der Waals surface area contributed by atoms with Gasteiger partial charge in [0.25, 0.3) is 0 Å². The number of rotatable bonds is 4. The predicted octanol–water partition coefficient (Wildman–Crippen LogP) is 0.350. The van der Waals surface area contributed by atoms with Crippen molar-refractivity contribution >= 4 is 11.3 Å². The lowest BCUT2D eigenvalue weighted by Crippen LogP contribution is -3.00. The van der Waals surface area contributed by atoms with E-state index in [1.54, 1.807) is 11.3 Å². The van der Waals surface area contributed by atoms with Gasteiger partial charge in [-0.3, -0.25) is 0 Å². The molecule has 1 nitrogen and oxygen atoms in total. The third-order valence-electron chi connectivity index (χ3n) is 2.46. The maximum Gasteiger partial charge on any atom is 0.0302 e. The molecule has 1 heterocycles. The maximum absolute atomic E-state index is 3.46. The molecular weight excluding hydrogens is 238 g/mol. The van der Waals surface area contributed by atoms with Crippen LogP contribution >= 0.6 is 11.3 Å². The van der Waals surface area contributed by atoms with Crippen LogP contribution in [0.5, 0.6) is 0 Å². The van der Waals surface area contributed by atoms with Gasteiger partial charge in [-0.2, -0.15) is 0 Å². The number of halogens is 1. The van der Waals surface area contributed by atoms with Crippen molar-refractivity contribution in [2.45, 2.75) is 20.0 Å². The molecule has 0 spiro atoms. The largest absolute Gasteiger partial charge is 1.00 e. The molecule has 0 aliphatic heterocycles. The third-order valence-corrected chi connectivity index (χ3v) is 3.33. The van der Waals surface area contributed by atoms with E-state index in [2.05, 4.69) is 54.0 Å². The number of aryl methyl sites for hydroxylation is 1. The summed E-state index contributed by atoms with van der Waals surface area (Å²) in [5.74, 6) is 0. The molecule has 0 saturated carbocycles. The molecule has 0 bridgehead atoms. The molecule has 2 rings (SSSR count). The Balaban J connectivity index is 0.00000128. The Morgan fingerprint density at radius 3 is 2.56 bits per heavy atom. The number of hydrogen-bond acceptors (Lipinski definition) is 2. The first-order valence-electron chi connectivity index (χ1n) is 5.14. The summed E-state index contributed by atoms with van der Waals surface area (Å²) in [5.41, 5.74) is 2.74. The van der Waals surface area contributed by atoms with Gasteiger partial charge in [0.15, 0.2) is 0 Å². The number of nitrogens with one attached hydrogen (secondary N) is 1. The maximum atomic E-state index is 3.46. The van der Waals surface area contributed by atoms with Crippen molar-refractivity contribution in [2.24, 2.45) is 0 Å². The average molecular weight is 253 g/mol.